The van der Waals surface area contributed by atoms with Gasteiger partial charge in [-0.1, -0.05) is 0 Å². The van der Waals surface area contributed by atoms with Crippen molar-refractivity contribution in [2.24, 2.45) is 5.92 Å². The molecule has 0 radical (unpaired) electrons. The van der Waals surface area contributed by atoms with Gasteiger partial charge in [-0.05, 0) is 79.7 Å². The van der Waals surface area contributed by atoms with Crippen molar-refractivity contribution in [2.45, 2.75) is 12.8 Å². The lowest BCUT2D eigenvalue weighted by Gasteiger charge is -2.34. The van der Waals surface area contributed by atoms with Gasteiger partial charge in [-0.25, -0.2) is 0 Å². The molecule has 0 unspecified atom stereocenters. The summed E-state index contributed by atoms with van der Waals surface area (Å²) >= 11 is 2.36. The third kappa shape index (κ3) is 3.85. The lowest BCUT2D eigenvalue weighted by molar-refractivity contribution is 0.285. The third-order valence-electron chi connectivity index (χ3n) is 3.43. The van der Waals surface area contributed by atoms with Crippen LogP contribution in [-0.2, 0) is 0 Å². The van der Waals surface area contributed by atoms with Crippen LogP contribution in [-0.4, -0.2) is 38.6 Å². The molecule has 0 bridgehead atoms. The second-order valence-corrected chi connectivity index (χ2v) is 6.41. The average molecular weight is 344 g/mol. The monoisotopic (exact) mass is 344 g/mol. The minimum atomic E-state index is 0.880. The Labute approximate surface area is 118 Å². The molecular weight excluding hydrogens is 323 g/mol. The molecule has 17 heavy (non-hydrogen) atoms. The van der Waals surface area contributed by atoms with E-state index in [4.69, 9.17) is 0 Å². The van der Waals surface area contributed by atoms with Crippen molar-refractivity contribution in [1.82, 2.24) is 4.90 Å². The fourth-order valence-corrected chi connectivity index (χ4v) is 2.90. The summed E-state index contributed by atoms with van der Waals surface area (Å²) in [4.78, 5) is 4.83. The summed E-state index contributed by atoms with van der Waals surface area (Å²) in [6.07, 6.45) is 2.65. The molecule has 3 heteroatoms. The highest BCUT2D eigenvalue weighted by molar-refractivity contribution is 14.1. The van der Waals surface area contributed by atoms with Gasteiger partial charge in [0, 0.05) is 28.9 Å². The van der Waals surface area contributed by atoms with Crippen LogP contribution < -0.4 is 4.90 Å². The van der Waals surface area contributed by atoms with E-state index in [0.29, 0.717) is 0 Å². The maximum absolute atomic E-state index is 2.52. The van der Waals surface area contributed by atoms with Crippen molar-refractivity contribution in [3.63, 3.8) is 0 Å². The molecule has 0 saturated carbocycles. The van der Waals surface area contributed by atoms with E-state index in [-0.39, 0.29) is 0 Å². The quantitative estimate of drug-likeness (QED) is 0.778. The number of nitrogens with zero attached hydrogens (tertiary/aromatic N) is 2. The van der Waals surface area contributed by atoms with Crippen LogP contribution >= 0.6 is 22.6 Å². The molecule has 1 heterocycles. The zero-order valence-corrected chi connectivity index (χ0v) is 12.9. The fraction of sp³-hybridized carbons (Fsp3) is 0.571. The zero-order chi connectivity index (χ0) is 12.3. The SMILES string of the molecule is CN(C)CC1CCN(c2ccc(I)cc2)CC1. The van der Waals surface area contributed by atoms with Gasteiger partial charge in [-0.15, -0.1) is 0 Å². The summed E-state index contributed by atoms with van der Waals surface area (Å²) in [6, 6.07) is 8.88. The molecule has 2 nitrogen and oxygen atoms in total. The summed E-state index contributed by atoms with van der Waals surface area (Å²) in [5.41, 5.74) is 1.38. The van der Waals surface area contributed by atoms with Gasteiger partial charge in [0.2, 0.25) is 0 Å². The first-order chi connectivity index (χ1) is 8.15. The Balaban J connectivity index is 1.88. The fourth-order valence-electron chi connectivity index (χ4n) is 2.54. The second kappa shape index (κ2) is 6.05. The lowest BCUT2D eigenvalue weighted by Crippen LogP contribution is -2.37. The van der Waals surface area contributed by atoms with Crippen LogP contribution in [0.3, 0.4) is 0 Å². The predicted molar refractivity (Wildman–Crippen MR) is 82.7 cm³/mol. The highest BCUT2D eigenvalue weighted by Gasteiger charge is 2.19. The molecule has 0 aliphatic carbocycles. The van der Waals surface area contributed by atoms with Gasteiger partial charge in [0.05, 0.1) is 0 Å². The molecule has 1 aromatic carbocycles. The van der Waals surface area contributed by atoms with Crippen molar-refractivity contribution in [3.05, 3.63) is 27.8 Å². The Morgan fingerprint density at radius 1 is 1.18 bits per heavy atom. The van der Waals surface area contributed by atoms with Gasteiger partial charge in [0.1, 0.15) is 0 Å². The van der Waals surface area contributed by atoms with Crippen molar-refractivity contribution in [1.29, 1.82) is 0 Å². The molecule has 1 aliphatic rings. The highest BCUT2D eigenvalue weighted by atomic mass is 127. The summed E-state index contributed by atoms with van der Waals surface area (Å²) in [7, 11) is 4.34. The number of hydrogen-bond acceptors (Lipinski definition) is 2. The van der Waals surface area contributed by atoms with Crippen LogP contribution in [0, 0.1) is 9.49 Å². The van der Waals surface area contributed by atoms with E-state index in [9.17, 15) is 0 Å². The molecule has 2 rings (SSSR count). The molecule has 0 amide bonds. The van der Waals surface area contributed by atoms with Gasteiger partial charge >= 0.3 is 0 Å². The minimum Gasteiger partial charge on any atom is -0.372 e. The Morgan fingerprint density at radius 3 is 2.29 bits per heavy atom. The standard InChI is InChI=1S/C14H21IN2/c1-16(2)11-12-7-9-17(10-8-12)14-5-3-13(15)4-6-14/h3-6,12H,7-11H2,1-2H3. The van der Waals surface area contributed by atoms with Crippen molar-refractivity contribution >= 4 is 28.3 Å². The topological polar surface area (TPSA) is 6.48 Å². The van der Waals surface area contributed by atoms with Gasteiger partial charge < -0.3 is 9.80 Å². The molecular formula is C14H21IN2. The number of rotatable bonds is 3. The van der Waals surface area contributed by atoms with E-state index in [0.717, 1.165) is 5.92 Å². The van der Waals surface area contributed by atoms with E-state index >= 15 is 0 Å². The normalized spacial score (nSPS) is 17.8. The van der Waals surface area contributed by atoms with Crippen LogP contribution in [0.1, 0.15) is 12.8 Å². The van der Waals surface area contributed by atoms with E-state index in [1.54, 1.807) is 0 Å². The molecule has 0 N–H and O–H groups in total. The Hall–Kier alpha value is -0.290. The van der Waals surface area contributed by atoms with E-state index in [1.165, 1.54) is 41.7 Å². The van der Waals surface area contributed by atoms with E-state index in [1.807, 2.05) is 0 Å². The summed E-state index contributed by atoms with van der Waals surface area (Å²) < 4.78 is 1.31. The molecule has 1 aliphatic heterocycles. The molecule has 94 valence electrons. The second-order valence-electron chi connectivity index (χ2n) is 5.17. The zero-order valence-electron chi connectivity index (χ0n) is 10.7. The Kier molecular flexibility index (Phi) is 4.68. The van der Waals surface area contributed by atoms with Crippen LogP contribution in [0.5, 0.6) is 0 Å². The number of halogens is 1. The third-order valence-corrected chi connectivity index (χ3v) is 4.15. The molecule has 1 saturated heterocycles. The molecule has 1 fully saturated rings. The average Bonchev–Trinajstić information content (AvgIpc) is 2.30. The largest absolute Gasteiger partial charge is 0.372 e. The van der Waals surface area contributed by atoms with Gasteiger partial charge in [0.15, 0.2) is 0 Å². The van der Waals surface area contributed by atoms with Crippen molar-refractivity contribution < 1.29 is 0 Å². The van der Waals surface area contributed by atoms with Gasteiger partial charge in [0.25, 0.3) is 0 Å². The van der Waals surface area contributed by atoms with E-state index < -0.39 is 0 Å². The van der Waals surface area contributed by atoms with Crippen LogP contribution in [0.4, 0.5) is 5.69 Å². The number of piperidine rings is 1. The Morgan fingerprint density at radius 2 is 1.76 bits per heavy atom. The number of hydrogen-bond donors (Lipinski definition) is 0. The van der Waals surface area contributed by atoms with Crippen molar-refractivity contribution in [2.75, 3.05) is 38.6 Å². The smallest absolute Gasteiger partial charge is 0.0366 e. The maximum atomic E-state index is 2.52. The first kappa shape index (κ1) is 13.1. The molecule has 0 aromatic heterocycles. The predicted octanol–water partition coefficient (Wildman–Crippen LogP) is 3.07. The van der Waals surface area contributed by atoms with E-state index in [2.05, 4.69) is 70.8 Å². The summed E-state index contributed by atoms with van der Waals surface area (Å²) in [6.45, 7) is 3.65. The Bertz CT molecular complexity index is 340. The van der Waals surface area contributed by atoms with Crippen molar-refractivity contribution in [3.8, 4) is 0 Å². The van der Waals surface area contributed by atoms with Gasteiger partial charge in [-0.3, -0.25) is 0 Å². The van der Waals surface area contributed by atoms with Crippen LogP contribution in [0.15, 0.2) is 24.3 Å². The van der Waals surface area contributed by atoms with Crippen LogP contribution in [0.25, 0.3) is 0 Å². The number of anilines is 1. The molecule has 0 spiro atoms. The van der Waals surface area contributed by atoms with Gasteiger partial charge in [-0.2, -0.15) is 0 Å². The number of benzene rings is 1. The first-order valence-electron chi connectivity index (χ1n) is 6.30. The maximum Gasteiger partial charge on any atom is 0.0366 e. The highest BCUT2D eigenvalue weighted by Crippen LogP contribution is 2.24. The molecule has 1 aromatic rings. The lowest BCUT2D eigenvalue weighted by atomic mass is 9.96. The van der Waals surface area contributed by atoms with Crippen LogP contribution in [0.2, 0.25) is 0 Å². The molecule has 0 atom stereocenters. The minimum absolute atomic E-state index is 0.880. The summed E-state index contributed by atoms with van der Waals surface area (Å²) in [5.74, 6) is 0.880. The summed E-state index contributed by atoms with van der Waals surface area (Å²) in [5, 5.41) is 0. The first-order valence-corrected chi connectivity index (χ1v) is 7.38.